The highest BCUT2D eigenvalue weighted by Crippen LogP contribution is 2.32. The van der Waals surface area contributed by atoms with E-state index in [2.05, 4.69) is 14.8 Å². The highest BCUT2D eigenvalue weighted by atomic mass is 32.1. The summed E-state index contributed by atoms with van der Waals surface area (Å²) in [5, 5.41) is 14.3. The molecule has 0 spiro atoms. The lowest BCUT2D eigenvalue weighted by Crippen LogP contribution is -2.40. The fourth-order valence-corrected chi connectivity index (χ4v) is 3.90. The van der Waals surface area contributed by atoms with Crippen molar-refractivity contribution in [2.24, 2.45) is 0 Å². The summed E-state index contributed by atoms with van der Waals surface area (Å²) in [6, 6.07) is 0.915. The van der Waals surface area contributed by atoms with Crippen LogP contribution in [0.25, 0.3) is 0 Å². The largest absolute Gasteiger partial charge is 0.512 e. The zero-order valence-electron chi connectivity index (χ0n) is 14.8. The third-order valence-electron chi connectivity index (χ3n) is 4.45. The van der Waals surface area contributed by atoms with Crippen molar-refractivity contribution in [3.63, 3.8) is 0 Å². The number of halogens is 3. The van der Waals surface area contributed by atoms with Gasteiger partial charge >= 0.3 is 12.3 Å². The van der Waals surface area contributed by atoms with Crippen LogP contribution in [-0.4, -0.2) is 49.9 Å². The topological polar surface area (TPSA) is 97.5 Å². The summed E-state index contributed by atoms with van der Waals surface area (Å²) in [5.41, 5.74) is -0.746. The maximum absolute atomic E-state index is 12.7. The number of amides is 1. The fourth-order valence-electron chi connectivity index (χ4n) is 3.01. The number of nitrogens with zero attached hydrogens (tertiary/aromatic N) is 4. The van der Waals surface area contributed by atoms with Gasteiger partial charge in [-0.25, -0.2) is 9.78 Å². The minimum Gasteiger partial charge on any atom is -0.449 e. The number of likely N-dealkylation sites (tertiary alicyclic amines) is 1. The van der Waals surface area contributed by atoms with Gasteiger partial charge in [0.2, 0.25) is 11.8 Å². The van der Waals surface area contributed by atoms with Crippen LogP contribution in [0, 0.1) is 6.92 Å². The van der Waals surface area contributed by atoms with E-state index >= 15 is 0 Å². The molecule has 12 heteroatoms. The van der Waals surface area contributed by atoms with Crippen LogP contribution in [0.5, 0.6) is 5.88 Å². The average Bonchev–Trinajstić information content (AvgIpc) is 3.21. The van der Waals surface area contributed by atoms with Gasteiger partial charge in [0.25, 0.3) is 0 Å². The van der Waals surface area contributed by atoms with Crippen molar-refractivity contribution in [1.82, 2.24) is 19.7 Å². The smallest absolute Gasteiger partial charge is 0.449 e. The molecule has 1 saturated heterocycles. The van der Waals surface area contributed by atoms with Crippen LogP contribution >= 0.6 is 11.3 Å². The molecule has 0 unspecified atom stereocenters. The molecule has 28 heavy (non-hydrogen) atoms. The molecule has 1 aliphatic rings. The molecule has 0 bridgehead atoms. The SMILES string of the molecule is Cc1cc(C(F)(F)F)nn1CC(=O)N1CCC(c2nc(OC(=O)O)cs2)CC1. The first-order valence-electron chi connectivity index (χ1n) is 8.39. The normalized spacial score (nSPS) is 15.6. The number of aromatic nitrogens is 3. The predicted molar refractivity (Wildman–Crippen MR) is 91.3 cm³/mol. The number of carbonyl (C=O) groups is 2. The quantitative estimate of drug-likeness (QED) is 0.767. The molecule has 1 aliphatic heterocycles. The third-order valence-corrected chi connectivity index (χ3v) is 5.43. The molecule has 3 rings (SSSR count). The van der Waals surface area contributed by atoms with E-state index in [9.17, 15) is 22.8 Å². The second kappa shape index (κ2) is 7.78. The lowest BCUT2D eigenvalue weighted by Gasteiger charge is -2.31. The van der Waals surface area contributed by atoms with Gasteiger partial charge < -0.3 is 14.7 Å². The molecule has 1 amide bonds. The Morgan fingerprint density at radius 3 is 2.61 bits per heavy atom. The van der Waals surface area contributed by atoms with E-state index in [1.165, 1.54) is 23.6 Å². The summed E-state index contributed by atoms with van der Waals surface area (Å²) in [7, 11) is 0. The third kappa shape index (κ3) is 4.61. The van der Waals surface area contributed by atoms with Gasteiger partial charge in [-0.3, -0.25) is 9.48 Å². The van der Waals surface area contributed by atoms with Crippen molar-refractivity contribution >= 4 is 23.4 Å². The predicted octanol–water partition coefficient (Wildman–Crippen LogP) is 3.13. The van der Waals surface area contributed by atoms with Crippen molar-refractivity contribution in [3.8, 4) is 5.88 Å². The van der Waals surface area contributed by atoms with Gasteiger partial charge in [0.1, 0.15) is 6.54 Å². The van der Waals surface area contributed by atoms with E-state index in [0.29, 0.717) is 25.9 Å². The highest BCUT2D eigenvalue weighted by molar-refractivity contribution is 7.09. The Balaban J connectivity index is 1.56. The minimum absolute atomic E-state index is 0.0284. The second-order valence-corrected chi connectivity index (χ2v) is 7.26. The summed E-state index contributed by atoms with van der Waals surface area (Å²) >= 11 is 1.29. The average molecular weight is 418 g/mol. The lowest BCUT2D eigenvalue weighted by molar-refractivity contribution is -0.142. The highest BCUT2D eigenvalue weighted by Gasteiger charge is 2.35. The van der Waals surface area contributed by atoms with Crippen LogP contribution < -0.4 is 4.74 Å². The Hall–Kier alpha value is -2.63. The van der Waals surface area contributed by atoms with E-state index in [4.69, 9.17) is 5.11 Å². The van der Waals surface area contributed by atoms with Gasteiger partial charge in [0.05, 0.1) is 10.4 Å². The summed E-state index contributed by atoms with van der Waals surface area (Å²) in [6.07, 6.45) is -4.73. The van der Waals surface area contributed by atoms with E-state index in [0.717, 1.165) is 15.8 Å². The van der Waals surface area contributed by atoms with Crippen LogP contribution in [-0.2, 0) is 17.5 Å². The summed E-state index contributed by atoms with van der Waals surface area (Å²) in [6.45, 7) is 2.09. The number of hydrogen-bond acceptors (Lipinski definition) is 6. The molecule has 2 aromatic heterocycles. The number of thiazole rings is 1. The zero-order chi connectivity index (χ0) is 20.5. The van der Waals surface area contributed by atoms with Crippen LogP contribution in [0.4, 0.5) is 18.0 Å². The molecule has 3 heterocycles. The molecule has 0 saturated carbocycles. The van der Waals surface area contributed by atoms with Gasteiger partial charge in [0.15, 0.2) is 5.69 Å². The van der Waals surface area contributed by atoms with E-state index in [-0.39, 0.29) is 29.9 Å². The molecular formula is C16H17F3N4O4S. The Morgan fingerprint density at radius 2 is 2.04 bits per heavy atom. The fraction of sp³-hybridized carbons (Fsp3) is 0.500. The summed E-state index contributed by atoms with van der Waals surface area (Å²) in [5.74, 6) is -0.198. The molecule has 0 atom stereocenters. The number of rotatable bonds is 4. The monoisotopic (exact) mass is 418 g/mol. The van der Waals surface area contributed by atoms with Crippen molar-refractivity contribution < 1.29 is 32.6 Å². The lowest BCUT2D eigenvalue weighted by atomic mass is 9.97. The number of hydrogen-bond donors (Lipinski definition) is 1. The van der Waals surface area contributed by atoms with Crippen molar-refractivity contribution in [1.29, 1.82) is 0 Å². The number of piperidine rings is 1. The van der Waals surface area contributed by atoms with Crippen LogP contribution in [0.2, 0.25) is 0 Å². The second-order valence-electron chi connectivity index (χ2n) is 6.37. The number of alkyl halides is 3. The maximum Gasteiger partial charge on any atom is 0.512 e. The standard InChI is InChI=1S/C16H17F3N4O4S/c1-9-6-11(16(17,18)19)21-23(9)7-13(24)22-4-2-10(3-5-22)14-20-12(8-28-14)27-15(25)26/h6,8,10H,2-5,7H2,1H3,(H,25,26). The van der Waals surface area contributed by atoms with Gasteiger partial charge in [0, 0.05) is 24.7 Å². The molecule has 1 fully saturated rings. The van der Waals surface area contributed by atoms with E-state index in [1.54, 1.807) is 4.90 Å². The molecule has 0 aromatic carbocycles. The molecular weight excluding hydrogens is 401 g/mol. The number of carboxylic acid groups (broad SMARTS) is 1. The zero-order valence-corrected chi connectivity index (χ0v) is 15.6. The molecule has 1 N–H and O–H groups in total. The van der Waals surface area contributed by atoms with Gasteiger partial charge in [-0.1, -0.05) is 0 Å². The van der Waals surface area contributed by atoms with Crippen molar-refractivity contribution in [2.45, 2.75) is 38.4 Å². The molecule has 0 radical (unpaired) electrons. The first-order valence-corrected chi connectivity index (χ1v) is 9.27. The Kier molecular flexibility index (Phi) is 5.59. The summed E-state index contributed by atoms with van der Waals surface area (Å²) < 4.78 is 43.8. The van der Waals surface area contributed by atoms with Crippen molar-refractivity contribution in [3.05, 3.63) is 27.8 Å². The Bertz CT molecular complexity index is 872. The van der Waals surface area contributed by atoms with Gasteiger partial charge in [-0.05, 0) is 25.8 Å². The van der Waals surface area contributed by atoms with Crippen LogP contribution in [0.15, 0.2) is 11.4 Å². The van der Waals surface area contributed by atoms with Crippen LogP contribution in [0.1, 0.15) is 35.2 Å². The minimum atomic E-state index is -4.55. The maximum atomic E-state index is 12.7. The number of carbonyl (C=O) groups excluding carboxylic acids is 1. The number of ether oxygens (including phenoxy) is 1. The molecule has 0 aliphatic carbocycles. The molecule has 8 nitrogen and oxygen atoms in total. The van der Waals surface area contributed by atoms with Crippen molar-refractivity contribution in [2.75, 3.05) is 13.1 Å². The first-order chi connectivity index (χ1) is 13.1. The Labute approximate surface area is 161 Å². The molecule has 152 valence electrons. The van der Waals surface area contributed by atoms with E-state index < -0.39 is 18.0 Å². The van der Waals surface area contributed by atoms with Gasteiger partial charge in [-0.2, -0.15) is 18.3 Å². The Morgan fingerprint density at radius 1 is 1.36 bits per heavy atom. The van der Waals surface area contributed by atoms with Gasteiger partial charge in [-0.15, -0.1) is 11.3 Å². The number of aryl methyl sites for hydroxylation is 1. The first kappa shape index (κ1) is 20.1. The van der Waals surface area contributed by atoms with E-state index in [1.807, 2.05) is 0 Å². The van der Waals surface area contributed by atoms with Crippen LogP contribution in [0.3, 0.4) is 0 Å². The molecule has 2 aromatic rings. The summed E-state index contributed by atoms with van der Waals surface area (Å²) in [4.78, 5) is 28.7.